The molecule has 0 saturated heterocycles. The average Bonchev–Trinajstić information content (AvgIpc) is 3.43. The smallest absolute Gasteiger partial charge is 0.338 e. The van der Waals surface area contributed by atoms with Crippen LogP contribution in [-0.4, -0.2) is 47.3 Å². The lowest BCUT2D eigenvalue weighted by Crippen LogP contribution is -2.10. The van der Waals surface area contributed by atoms with Crippen LogP contribution in [0.25, 0.3) is 16.6 Å². The number of nitrogens with one attached hydrogen (secondary N) is 1. The number of rotatable bonds is 7. The Bertz CT molecular complexity index is 1450. The molecular weight excluding hydrogens is 462 g/mol. The lowest BCUT2D eigenvalue weighted by atomic mass is 10.2. The van der Waals surface area contributed by atoms with Gasteiger partial charge in [0.05, 0.1) is 26.4 Å². The highest BCUT2D eigenvalue weighted by atomic mass is 32.2. The van der Waals surface area contributed by atoms with Gasteiger partial charge in [0.25, 0.3) is 5.69 Å². The Morgan fingerprint density at radius 1 is 1.35 bits per heavy atom. The molecule has 0 unspecified atom stereocenters. The molecule has 4 rings (SSSR count). The normalized spacial score (nSPS) is 11.6. The minimum atomic E-state index is -0.910. The number of allylic oxidation sites excluding steroid dienone is 1. The number of nitro groups is 1. The van der Waals surface area contributed by atoms with E-state index in [0.717, 1.165) is 17.8 Å². The van der Waals surface area contributed by atoms with Crippen LogP contribution in [0.15, 0.2) is 64.6 Å². The van der Waals surface area contributed by atoms with Crippen molar-refractivity contribution in [3.63, 3.8) is 0 Å². The number of fused-ring (bicyclic) bond motifs is 1. The van der Waals surface area contributed by atoms with Gasteiger partial charge in [-0.1, -0.05) is 12.1 Å². The summed E-state index contributed by atoms with van der Waals surface area (Å²) in [5.74, 6) is -1.30. The van der Waals surface area contributed by atoms with E-state index in [-0.39, 0.29) is 27.5 Å². The van der Waals surface area contributed by atoms with E-state index in [9.17, 15) is 25.3 Å². The van der Waals surface area contributed by atoms with Gasteiger partial charge in [-0.2, -0.15) is 5.26 Å². The van der Waals surface area contributed by atoms with Crippen LogP contribution in [0.4, 0.5) is 5.69 Å². The number of nitriles is 1. The van der Waals surface area contributed by atoms with Crippen molar-refractivity contribution in [1.29, 1.82) is 5.26 Å². The summed E-state index contributed by atoms with van der Waals surface area (Å²) in [6.45, 7) is -0.623. The highest BCUT2D eigenvalue weighted by Crippen LogP contribution is 2.34. The predicted molar refractivity (Wildman–Crippen MR) is 120 cm³/mol. The Hall–Kier alpha value is -4.70. The second-order valence-corrected chi connectivity index (χ2v) is 7.89. The number of hydrogen-bond acceptors (Lipinski definition) is 10. The number of benzene rings is 2. The summed E-state index contributed by atoms with van der Waals surface area (Å²) in [5, 5.41) is 39.4. The Kier molecular flexibility index (Phi) is 6.24. The van der Waals surface area contributed by atoms with Crippen molar-refractivity contribution in [2.24, 2.45) is 7.05 Å². The number of hydrogen-bond donors (Lipinski definition) is 2. The minimum Gasteiger partial charge on any atom is -0.507 e. The van der Waals surface area contributed by atoms with Gasteiger partial charge in [0.15, 0.2) is 16.7 Å². The summed E-state index contributed by atoms with van der Waals surface area (Å²) < 4.78 is 6.67. The van der Waals surface area contributed by atoms with Gasteiger partial charge in [0.2, 0.25) is 0 Å². The summed E-state index contributed by atoms with van der Waals surface area (Å²) in [6, 6.07) is 12.7. The topological polar surface area (TPSA) is 173 Å². The quantitative estimate of drug-likeness (QED) is 0.132. The average molecular weight is 477 g/mol. The zero-order chi connectivity index (χ0) is 24.2. The van der Waals surface area contributed by atoms with E-state index in [2.05, 4.69) is 20.2 Å². The number of aromatic amines is 1. The molecule has 0 bridgehead atoms. The molecule has 2 aromatic carbocycles. The highest BCUT2D eigenvalue weighted by molar-refractivity contribution is 7.99. The van der Waals surface area contributed by atoms with Crippen LogP contribution < -0.4 is 0 Å². The number of H-pyrrole nitrogens is 1. The number of carbonyl (C=O) groups is 1. The summed E-state index contributed by atoms with van der Waals surface area (Å²) in [6.07, 6.45) is 1.46. The summed E-state index contributed by atoms with van der Waals surface area (Å²) in [4.78, 5) is 30.8. The fourth-order valence-electron chi connectivity index (χ4n) is 2.95. The SMILES string of the molecule is Cn1cnnc1Sc1ccc(C(=O)OCC(O)=C(C#N)c2nc3ccccc3[nH]2)cc1[N+](=O)[O-]. The van der Waals surface area contributed by atoms with Gasteiger partial charge in [0.1, 0.15) is 24.6 Å². The monoisotopic (exact) mass is 477 g/mol. The molecule has 0 spiro atoms. The van der Waals surface area contributed by atoms with Crippen LogP contribution in [0, 0.1) is 21.4 Å². The number of aryl methyl sites for hydroxylation is 1. The third-order valence-corrected chi connectivity index (χ3v) is 5.75. The summed E-state index contributed by atoms with van der Waals surface area (Å²) in [7, 11) is 1.70. The van der Waals surface area contributed by atoms with Crippen molar-refractivity contribution in [1.82, 2.24) is 24.7 Å². The van der Waals surface area contributed by atoms with Crippen molar-refractivity contribution in [2.75, 3.05) is 6.61 Å². The molecule has 2 heterocycles. The van der Waals surface area contributed by atoms with Crippen molar-refractivity contribution in [3.8, 4) is 6.07 Å². The highest BCUT2D eigenvalue weighted by Gasteiger charge is 2.21. The standard InChI is InChI=1S/C21H15N7O5S/c1-27-11-23-26-21(27)34-18-7-6-12(8-16(18)28(31)32)20(30)33-10-17(29)13(9-22)19-24-14-4-2-3-5-15(14)25-19/h2-8,11,29H,10H2,1H3,(H,24,25). The van der Waals surface area contributed by atoms with Gasteiger partial charge in [0, 0.05) is 13.1 Å². The number of aliphatic hydroxyl groups excluding tert-OH is 1. The predicted octanol–water partition coefficient (Wildman–Crippen LogP) is 3.40. The van der Waals surface area contributed by atoms with Crippen molar-refractivity contribution >= 4 is 40.0 Å². The fraction of sp³-hybridized carbons (Fsp3) is 0.0952. The Morgan fingerprint density at radius 2 is 2.15 bits per heavy atom. The van der Waals surface area contributed by atoms with Gasteiger partial charge in [-0.05, 0) is 36.0 Å². The number of carbonyl (C=O) groups excluding carboxylic acids is 1. The van der Waals surface area contributed by atoms with E-state index in [1.54, 1.807) is 35.9 Å². The van der Waals surface area contributed by atoms with Gasteiger partial charge in [-0.15, -0.1) is 10.2 Å². The zero-order valence-corrected chi connectivity index (χ0v) is 18.3. The van der Waals surface area contributed by atoms with Crippen LogP contribution in [-0.2, 0) is 11.8 Å². The van der Waals surface area contributed by atoms with Crippen molar-refractivity contribution in [2.45, 2.75) is 10.1 Å². The van der Waals surface area contributed by atoms with E-state index < -0.39 is 23.3 Å². The molecule has 12 nitrogen and oxygen atoms in total. The molecule has 170 valence electrons. The van der Waals surface area contributed by atoms with Gasteiger partial charge in [-0.3, -0.25) is 10.1 Å². The Balaban J connectivity index is 1.52. The van der Waals surface area contributed by atoms with Crippen molar-refractivity contribution in [3.05, 3.63) is 76.1 Å². The van der Waals surface area contributed by atoms with E-state index >= 15 is 0 Å². The van der Waals surface area contributed by atoms with E-state index in [0.29, 0.717) is 16.2 Å². The molecule has 0 aliphatic rings. The third-order valence-electron chi connectivity index (χ3n) is 4.63. The molecule has 13 heteroatoms. The lowest BCUT2D eigenvalue weighted by Gasteiger charge is -2.07. The van der Waals surface area contributed by atoms with E-state index in [1.807, 2.05) is 6.07 Å². The largest absolute Gasteiger partial charge is 0.507 e. The van der Waals surface area contributed by atoms with E-state index in [4.69, 9.17) is 4.74 Å². The molecule has 0 atom stereocenters. The summed E-state index contributed by atoms with van der Waals surface area (Å²) in [5.41, 5.74) is 0.667. The zero-order valence-electron chi connectivity index (χ0n) is 17.5. The van der Waals surface area contributed by atoms with Crippen LogP contribution in [0.1, 0.15) is 16.2 Å². The molecule has 0 radical (unpaired) electrons. The molecule has 4 aromatic rings. The lowest BCUT2D eigenvalue weighted by molar-refractivity contribution is -0.387. The molecule has 0 fully saturated rings. The molecule has 34 heavy (non-hydrogen) atoms. The van der Waals surface area contributed by atoms with E-state index in [1.165, 1.54) is 18.5 Å². The van der Waals surface area contributed by atoms with Crippen LogP contribution in [0.2, 0.25) is 0 Å². The number of aliphatic hydroxyl groups is 1. The van der Waals surface area contributed by atoms with Crippen LogP contribution >= 0.6 is 11.8 Å². The maximum absolute atomic E-state index is 12.5. The van der Waals surface area contributed by atoms with Gasteiger partial charge >= 0.3 is 5.97 Å². The number of imidazole rings is 1. The first-order chi connectivity index (χ1) is 16.4. The third kappa shape index (κ3) is 4.57. The number of nitro benzene ring substituents is 1. The van der Waals surface area contributed by atoms with Gasteiger partial charge < -0.3 is 19.4 Å². The number of aromatic nitrogens is 5. The van der Waals surface area contributed by atoms with Crippen LogP contribution in [0.5, 0.6) is 0 Å². The first-order valence-corrected chi connectivity index (χ1v) is 10.4. The second kappa shape index (κ2) is 9.43. The number of ether oxygens (including phenoxy) is 1. The number of esters is 1. The first-order valence-electron chi connectivity index (χ1n) is 9.62. The number of para-hydroxylation sites is 2. The second-order valence-electron chi connectivity index (χ2n) is 6.88. The minimum absolute atomic E-state index is 0.0935. The maximum atomic E-state index is 12.5. The molecule has 0 amide bonds. The number of nitrogens with zero attached hydrogens (tertiary/aromatic N) is 6. The molecule has 2 aromatic heterocycles. The molecule has 0 aliphatic carbocycles. The summed E-state index contributed by atoms with van der Waals surface area (Å²) >= 11 is 1.02. The Morgan fingerprint density at radius 3 is 2.82 bits per heavy atom. The van der Waals surface area contributed by atoms with Crippen molar-refractivity contribution < 1.29 is 19.6 Å². The van der Waals surface area contributed by atoms with Gasteiger partial charge in [-0.25, -0.2) is 9.78 Å². The first kappa shape index (κ1) is 22.5. The Labute approximate surface area is 195 Å². The van der Waals surface area contributed by atoms with Crippen LogP contribution in [0.3, 0.4) is 0 Å². The molecule has 0 saturated carbocycles. The molecule has 0 aliphatic heterocycles. The molecule has 2 N–H and O–H groups in total. The maximum Gasteiger partial charge on any atom is 0.338 e. The fourth-order valence-corrected chi connectivity index (χ4v) is 3.80. The molecular formula is C21H15N7O5S.